The lowest BCUT2D eigenvalue weighted by atomic mass is 9.92. The van der Waals surface area contributed by atoms with E-state index in [2.05, 4.69) is 22.2 Å². The minimum Gasteiger partial charge on any atom is -0.382 e. The molecule has 0 bridgehead atoms. The number of ether oxygens (including phenoxy) is 1. The number of hydrogen-bond donors (Lipinski definition) is 2. The molecular weight excluding hydrogens is 603 g/mol. The van der Waals surface area contributed by atoms with E-state index in [1.807, 2.05) is 59.1 Å². The van der Waals surface area contributed by atoms with Crippen LogP contribution in [0.15, 0.2) is 74.9 Å². The monoisotopic (exact) mass is 637 g/mol. The molecule has 6 rings (SSSR count). The summed E-state index contributed by atoms with van der Waals surface area (Å²) in [7, 11) is 0. The number of nitrogens with one attached hydrogen (secondary N) is 1. The van der Waals surface area contributed by atoms with E-state index in [1.54, 1.807) is 10.8 Å². The van der Waals surface area contributed by atoms with Crippen molar-refractivity contribution in [1.29, 1.82) is 0 Å². The molecule has 1 aliphatic rings. The van der Waals surface area contributed by atoms with Crippen molar-refractivity contribution in [2.45, 2.75) is 76.3 Å². The van der Waals surface area contributed by atoms with Gasteiger partial charge in [0.2, 0.25) is 0 Å². The molecule has 1 aliphatic carbocycles. The average Bonchev–Trinajstić information content (AvgIpc) is 3.71. The van der Waals surface area contributed by atoms with Crippen LogP contribution in [-0.2, 0) is 17.6 Å². The molecule has 0 aliphatic heterocycles. The largest absolute Gasteiger partial charge is 0.439 e. The third-order valence-corrected chi connectivity index (χ3v) is 8.58. The number of rotatable bonds is 10. The van der Waals surface area contributed by atoms with Crippen molar-refractivity contribution in [3.8, 4) is 22.5 Å². The van der Waals surface area contributed by atoms with Crippen LogP contribution in [0.25, 0.3) is 28.2 Å². The number of aliphatic hydroxyl groups is 1. The molecule has 1 fully saturated rings. The number of aromatic amines is 1. The maximum atomic E-state index is 14.3. The van der Waals surface area contributed by atoms with E-state index in [1.165, 1.54) is 0 Å². The smallest absolute Gasteiger partial charge is 0.382 e. The van der Waals surface area contributed by atoms with Gasteiger partial charge in [-0.2, -0.15) is 18.3 Å². The summed E-state index contributed by atoms with van der Waals surface area (Å²) in [5.41, 5.74) is 5.50. The molecule has 3 aromatic heterocycles. The third-order valence-electron chi connectivity index (χ3n) is 8.58. The van der Waals surface area contributed by atoms with Crippen molar-refractivity contribution >= 4 is 5.65 Å². The Kier molecular flexibility index (Phi) is 8.96. The van der Waals surface area contributed by atoms with Crippen molar-refractivity contribution in [3.05, 3.63) is 98.5 Å². The van der Waals surface area contributed by atoms with Crippen LogP contribution in [0.4, 0.5) is 13.2 Å². The fourth-order valence-corrected chi connectivity index (χ4v) is 6.30. The van der Waals surface area contributed by atoms with Gasteiger partial charge in [-0.15, -0.1) is 0 Å². The zero-order valence-corrected chi connectivity index (χ0v) is 25.2. The Morgan fingerprint density at radius 2 is 1.76 bits per heavy atom. The third kappa shape index (κ3) is 6.42. The summed E-state index contributed by atoms with van der Waals surface area (Å²) in [5, 5.41) is 17.7. The second kappa shape index (κ2) is 13.1. The number of halogens is 3. The standard InChI is InChI=1S/C33H34F3N5O5/c1-2-5-27-26(18-20-8-10-21(11-9-20)24-6-3-4-7-25(24)30-38-32(44)46-39-30)31(43)40(29-16-17-37-41(27)29)22-12-14-23(15-13-22)45-19-28(42)33(34,35)36/h3-4,6-11,16-17,22-23,28,42H,2,5,12-15,18-19H2,1H3,(H,38,39,44). The minimum atomic E-state index is -4.72. The Hall–Kier alpha value is -4.49. The SMILES string of the molecule is CCCc1c(Cc2ccc(-c3ccccc3-c3noc(=O)[nH]3)cc2)c(=O)n(C2CCC(OCC(O)C(F)(F)F)CC2)c2ccnn12. The molecule has 242 valence electrons. The molecule has 1 atom stereocenters. The second-order valence-corrected chi connectivity index (χ2v) is 11.6. The van der Waals surface area contributed by atoms with Gasteiger partial charge >= 0.3 is 11.9 Å². The zero-order chi connectivity index (χ0) is 32.4. The van der Waals surface area contributed by atoms with Crippen LogP contribution in [0.1, 0.15) is 61.9 Å². The molecule has 1 saturated carbocycles. The predicted octanol–water partition coefficient (Wildman–Crippen LogP) is 5.47. The summed E-state index contributed by atoms with van der Waals surface area (Å²) in [6.45, 7) is 1.25. The van der Waals surface area contributed by atoms with Gasteiger partial charge < -0.3 is 9.84 Å². The Balaban J connectivity index is 1.27. The summed E-state index contributed by atoms with van der Waals surface area (Å²) in [6, 6.07) is 17.1. The molecule has 46 heavy (non-hydrogen) atoms. The summed E-state index contributed by atoms with van der Waals surface area (Å²) >= 11 is 0. The van der Waals surface area contributed by atoms with Gasteiger partial charge in [-0.1, -0.05) is 67.0 Å². The van der Waals surface area contributed by atoms with Crippen molar-refractivity contribution in [3.63, 3.8) is 0 Å². The van der Waals surface area contributed by atoms with Crippen molar-refractivity contribution in [2.75, 3.05) is 6.61 Å². The van der Waals surface area contributed by atoms with Gasteiger partial charge in [0.1, 0.15) is 5.65 Å². The lowest BCUT2D eigenvalue weighted by molar-refractivity contribution is -0.222. The van der Waals surface area contributed by atoms with Gasteiger partial charge in [-0.25, -0.2) is 9.31 Å². The summed E-state index contributed by atoms with van der Waals surface area (Å²) < 4.78 is 51.9. The molecule has 3 heterocycles. The van der Waals surface area contributed by atoms with Crippen LogP contribution >= 0.6 is 0 Å². The fourth-order valence-electron chi connectivity index (χ4n) is 6.30. The van der Waals surface area contributed by atoms with E-state index < -0.39 is 30.7 Å². The molecule has 5 aromatic rings. The van der Waals surface area contributed by atoms with Crippen LogP contribution in [0.5, 0.6) is 0 Å². The Bertz CT molecular complexity index is 1920. The van der Waals surface area contributed by atoms with Gasteiger partial charge in [0.05, 0.1) is 24.6 Å². The minimum absolute atomic E-state index is 0.0993. The van der Waals surface area contributed by atoms with Crippen LogP contribution in [0.3, 0.4) is 0 Å². The van der Waals surface area contributed by atoms with Crippen molar-refractivity contribution in [1.82, 2.24) is 24.3 Å². The molecule has 2 aromatic carbocycles. The average molecular weight is 638 g/mol. The number of aryl methyl sites for hydroxylation is 1. The number of fused-ring (bicyclic) bond motifs is 1. The highest BCUT2D eigenvalue weighted by molar-refractivity contribution is 5.80. The van der Waals surface area contributed by atoms with Crippen LogP contribution < -0.4 is 11.3 Å². The molecule has 1 unspecified atom stereocenters. The molecule has 2 N–H and O–H groups in total. The number of benzene rings is 2. The molecule has 13 heteroatoms. The molecular formula is C33H34F3N5O5. The number of H-pyrrole nitrogens is 1. The Labute approximate surface area is 261 Å². The van der Waals surface area contributed by atoms with E-state index in [4.69, 9.17) is 9.26 Å². The van der Waals surface area contributed by atoms with E-state index in [0.717, 1.165) is 34.4 Å². The summed E-state index contributed by atoms with van der Waals surface area (Å²) in [4.78, 5) is 28.4. The number of aliphatic hydroxyl groups excluding tert-OH is 1. The van der Waals surface area contributed by atoms with Crippen LogP contribution in [-0.4, -0.2) is 54.4 Å². The fraction of sp³-hybridized carbons (Fsp3) is 0.394. The number of alkyl halides is 3. The lowest BCUT2D eigenvalue weighted by Gasteiger charge is -2.31. The first-order chi connectivity index (χ1) is 22.1. The van der Waals surface area contributed by atoms with Crippen molar-refractivity contribution in [2.24, 2.45) is 0 Å². The van der Waals surface area contributed by atoms with Crippen LogP contribution in [0.2, 0.25) is 0 Å². The van der Waals surface area contributed by atoms with Crippen LogP contribution in [0, 0.1) is 0 Å². The number of nitrogens with zero attached hydrogens (tertiary/aromatic N) is 4. The molecule has 0 saturated heterocycles. The maximum absolute atomic E-state index is 14.3. The second-order valence-electron chi connectivity index (χ2n) is 11.6. The quantitative estimate of drug-likeness (QED) is 0.208. The van der Waals surface area contributed by atoms with Gasteiger partial charge in [-0.05, 0) is 48.8 Å². The van der Waals surface area contributed by atoms with Gasteiger partial charge in [-0.3, -0.25) is 18.9 Å². The first-order valence-corrected chi connectivity index (χ1v) is 15.3. The van der Waals surface area contributed by atoms with E-state index >= 15 is 0 Å². The Morgan fingerprint density at radius 3 is 2.41 bits per heavy atom. The number of hydrogen-bond acceptors (Lipinski definition) is 7. The summed E-state index contributed by atoms with van der Waals surface area (Å²) in [6.07, 6.45) is -2.09. The van der Waals surface area contributed by atoms with E-state index in [9.17, 15) is 27.9 Å². The van der Waals surface area contributed by atoms with Gasteiger partial charge in [0.25, 0.3) is 5.56 Å². The normalized spacial score (nSPS) is 17.8. The van der Waals surface area contributed by atoms with E-state index in [-0.39, 0.29) is 11.6 Å². The Morgan fingerprint density at radius 1 is 1.04 bits per heavy atom. The predicted molar refractivity (Wildman–Crippen MR) is 164 cm³/mol. The van der Waals surface area contributed by atoms with Gasteiger partial charge in [0, 0.05) is 29.7 Å². The topological polar surface area (TPSA) is 128 Å². The zero-order valence-electron chi connectivity index (χ0n) is 25.2. The van der Waals surface area contributed by atoms with Crippen molar-refractivity contribution < 1.29 is 27.5 Å². The number of aromatic nitrogens is 5. The van der Waals surface area contributed by atoms with Gasteiger partial charge in [0.15, 0.2) is 11.9 Å². The van der Waals surface area contributed by atoms with E-state index in [0.29, 0.717) is 55.6 Å². The molecule has 10 nitrogen and oxygen atoms in total. The lowest BCUT2D eigenvalue weighted by Crippen LogP contribution is -2.37. The maximum Gasteiger partial charge on any atom is 0.439 e. The molecule has 0 radical (unpaired) electrons. The molecule has 0 amide bonds. The highest BCUT2D eigenvalue weighted by atomic mass is 19.4. The molecule has 0 spiro atoms. The highest BCUT2D eigenvalue weighted by Gasteiger charge is 2.39. The highest BCUT2D eigenvalue weighted by Crippen LogP contribution is 2.33. The first kappa shape index (κ1) is 31.5. The first-order valence-electron chi connectivity index (χ1n) is 15.3. The summed E-state index contributed by atoms with van der Waals surface area (Å²) in [5.74, 6) is -0.300.